The molecule has 0 unspecified atom stereocenters. The van der Waals surface area contributed by atoms with Gasteiger partial charge in [0.25, 0.3) is 0 Å². The number of aromatic nitrogens is 3. The van der Waals surface area contributed by atoms with E-state index in [2.05, 4.69) is 14.4 Å². The van der Waals surface area contributed by atoms with Gasteiger partial charge < -0.3 is 19.8 Å². The third kappa shape index (κ3) is 9.28. The molecule has 2 aromatic heterocycles. The first kappa shape index (κ1) is 31.0. The van der Waals surface area contributed by atoms with Gasteiger partial charge in [-0.2, -0.15) is 0 Å². The minimum Gasteiger partial charge on any atom is -0.494 e. The Kier molecular flexibility index (Phi) is 10.2. The topological polar surface area (TPSA) is 168 Å². The molecule has 0 amide bonds. The zero-order valence-corrected chi connectivity index (χ0v) is 24.9. The maximum atomic E-state index is 12.0. The van der Waals surface area contributed by atoms with Crippen molar-refractivity contribution in [3.8, 4) is 5.75 Å². The average Bonchev–Trinajstić information content (AvgIpc) is 3.15. The summed E-state index contributed by atoms with van der Waals surface area (Å²) in [5, 5.41) is 0.815. The van der Waals surface area contributed by atoms with Crippen LogP contribution in [0.3, 0.4) is 0 Å². The van der Waals surface area contributed by atoms with Gasteiger partial charge in [-0.3, -0.25) is 0 Å². The number of nitrogens with two attached hydrogens (primary N) is 1. The number of unbranched alkanes of at least 4 members (excludes halogenated alkanes) is 3. The molecule has 0 bridgehead atoms. The molecule has 0 spiro atoms. The Balaban J connectivity index is 1.81. The number of ether oxygens (including phenoxy) is 2. The van der Waals surface area contributed by atoms with E-state index in [0.717, 1.165) is 49.1 Å². The number of anilines is 1. The zero-order valence-electron chi connectivity index (χ0n) is 23.3. The summed E-state index contributed by atoms with van der Waals surface area (Å²) in [7, 11) is -6.59. The Morgan fingerprint density at radius 2 is 1.74 bits per heavy atom. The molecule has 0 aliphatic heterocycles. The number of hydrogen-bond donors (Lipinski definition) is 3. The van der Waals surface area contributed by atoms with Crippen molar-refractivity contribution in [3.63, 3.8) is 0 Å². The summed E-state index contributed by atoms with van der Waals surface area (Å²) in [5.74, 6) is 1.55. The van der Waals surface area contributed by atoms with Crippen LogP contribution >= 0.6 is 0 Å². The highest BCUT2D eigenvalue weighted by atomic mass is 32.2. The summed E-state index contributed by atoms with van der Waals surface area (Å²) in [6.45, 7) is 7.52. The van der Waals surface area contributed by atoms with Crippen LogP contribution in [0.15, 0.2) is 18.2 Å². The lowest BCUT2D eigenvalue weighted by Crippen LogP contribution is -2.46. The van der Waals surface area contributed by atoms with E-state index >= 15 is 0 Å². The van der Waals surface area contributed by atoms with E-state index in [1.54, 1.807) is 0 Å². The van der Waals surface area contributed by atoms with Gasteiger partial charge in [-0.05, 0) is 45.7 Å². The number of rotatable bonds is 16. The molecule has 39 heavy (non-hydrogen) atoms. The second-order valence-corrected chi connectivity index (χ2v) is 13.9. The molecular weight excluding hydrogens is 544 g/mol. The van der Waals surface area contributed by atoms with E-state index in [-0.39, 0.29) is 12.4 Å². The Morgan fingerprint density at radius 3 is 2.41 bits per heavy atom. The van der Waals surface area contributed by atoms with Crippen LogP contribution < -0.4 is 19.9 Å². The molecular formula is C25H40N6O6S2. The number of nitrogens with zero attached hydrogens (tertiary/aromatic N) is 3. The summed E-state index contributed by atoms with van der Waals surface area (Å²) in [6, 6.07) is 5.62. The van der Waals surface area contributed by atoms with Crippen LogP contribution in [-0.2, 0) is 37.9 Å². The first-order chi connectivity index (χ1) is 18.2. The van der Waals surface area contributed by atoms with Gasteiger partial charge in [0.05, 0.1) is 30.2 Å². The maximum Gasteiger partial charge on any atom is 0.209 e. The smallest absolute Gasteiger partial charge is 0.209 e. The zero-order chi connectivity index (χ0) is 28.8. The van der Waals surface area contributed by atoms with E-state index < -0.39 is 25.6 Å². The number of nitrogens with one attached hydrogen (secondary N) is 2. The molecule has 14 heteroatoms. The molecule has 12 nitrogen and oxygen atoms in total. The Labute approximate surface area is 230 Å². The third-order valence-corrected chi connectivity index (χ3v) is 7.56. The van der Waals surface area contributed by atoms with Gasteiger partial charge in [-0.25, -0.2) is 36.2 Å². The number of hydrogen-bond acceptors (Lipinski definition) is 9. The summed E-state index contributed by atoms with van der Waals surface area (Å²) < 4.78 is 64.9. The lowest BCUT2D eigenvalue weighted by atomic mass is 10.1. The van der Waals surface area contributed by atoms with Crippen LogP contribution in [0.4, 0.5) is 5.82 Å². The van der Waals surface area contributed by atoms with E-state index in [4.69, 9.17) is 20.2 Å². The lowest BCUT2D eigenvalue weighted by molar-refractivity contribution is 0.125. The molecule has 0 saturated heterocycles. The molecule has 3 rings (SSSR count). The SMILES string of the molecule is CCOCc1nc2c(N)nc3cc(OCCCCCCNS(C)(=O)=O)ccc3c2n1CC(C)(C)NS(C)(=O)=O. The van der Waals surface area contributed by atoms with Crippen molar-refractivity contribution in [1.82, 2.24) is 24.0 Å². The fraction of sp³-hybridized carbons (Fsp3) is 0.600. The van der Waals surface area contributed by atoms with Gasteiger partial charge >= 0.3 is 0 Å². The fourth-order valence-electron chi connectivity index (χ4n) is 4.46. The highest BCUT2D eigenvalue weighted by Crippen LogP contribution is 2.32. The summed E-state index contributed by atoms with van der Waals surface area (Å²) in [5.41, 5.74) is 7.45. The van der Waals surface area contributed by atoms with Crippen molar-refractivity contribution in [1.29, 1.82) is 0 Å². The predicted octanol–water partition coefficient (Wildman–Crippen LogP) is 2.52. The quantitative estimate of drug-likeness (QED) is 0.214. The highest BCUT2D eigenvalue weighted by Gasteiger charge is 2.27. The molecule has 1 aromatic carbocycles. The molecule has 0 saturated carbocycles. The molecule has 218 valence electrons. The minimum absolute atomic E-state index is 0.243. The summed E-state index contributed by atoms with van der Waals surface area (Å²) >= 11 is 0. The van der Waals surface area contributed by atoms with Crippen LogP contribution in [0.1, 0.15) is 52.3 Å². The van der Waals surface area contributed by atoms with E-state index in [1.165, 1.54) is 0 Å². The molecule has 4 N–H and O–H groups in total. The third-order valence-electron chi connectivity index (χ3n) is 5.91. The van der Waals surface area contributed by atoms with Crippen molar-refractivity contribution in [3.05, 3.63) is 24.0 Å². The van der Waals surface area contributed by atoms with Gasteiger partial charge in [0.2, 0.25) is 20.0 Å². The fourth-order valence-corrected chi connectivity index (χ4v) is 6.04. The molecule has 0 fully saturated rings. The Bertz CT molecular complexity index is 1500. The first-order valence-electron chi connectivity index (χ1n) is 12.9. The van der Waals surface area contributed by atoms with Crippen LogP contribution in [-0.4, -0.2) is 69.2 Å². The first-order valence-corrected chi connectivity index (χ1v) is 16.7. The largest absolute Gasteiger partial charge is 0.494 e. The van der Waals surface area contributed by atoms with E-state index in [1.807, 2.05) is 43.5 Å². The minimum atomic E-state index is -3.44. The van der Waals surface area contributed by atoms with Crippen LogP contribution in [0.5, 0.6) is 5.75 Å². The average molecular weight is 585 g/mol. The van der Waals surface area contributed by atoms with Gasteiger partial charge in [-0.1, -0.05) is 12.8 Å². The Morgan fingerprint density at radius 1 is 1.03 bits per heavy atom. The lowest BCUT2D eigenvalue weighted by Gasteiger charge is -2.27. The van der Waals surface area contributed by atoms with Crippen LogP contribution in [0, 0.1) is 0 Å². The van der Waals surface area contributed by atoms with Crippen molar-refractivity contribution < 1.29 is 26.3 Å². The number of benzene rings is 1. The van der Waals surface area contributed by atoms with Crippen molar-refractivity contribution in [2.45, 2.75) is 65.1 Å². The Hall–Kier alpha value is -2.52. The number of imidazole rings is 1. The highest BCUT2D eigenvalue weighted by molar-refractivity contribution is 7.89. The van der Waals surface area contributed by atoms with Gasteiger partial charge in [0.1, 0.15) is 23.7 Å². The van der Waals surface area contributed by atoms with Crippen LogP contribution in [0.25, 0.3) is 21.9 Å². The summed E-state index contributed by atoms with van der Waals surface area (Å²) in [6.07, 6.45) is 5.72. The van der Waals surface area contributed by atoms with Crippen molar-refractivity contribution in [2.24, 2.45) is 0 Å². The standard InChI is InChI=1S/C25H40N6O6S2/c1-6-36-16-21-29-22-23(31(21)17-25(2,3)30-39(5,34)35)19-12-11-18(15-20(19)28-24(22)26)37-14-10-8-7-9-13-27-38(4,32)33/h11-12,15,27,30H,6-10,13-14,16-17H2,1-5H3,(H2,26,28). The van der Waals surface area contributed by atoms with E-state index in [0.29, 0.717) is 48.9 Å². The number of sulfonamides is 2. The molecule has 0 aliphatic carbocycles. The maximum absolute atomic E-state index is 12.0. The number of pyridine rings is 1. The molecule has 2 heterocycles. The van der Waals surface area contributed by atoms with Gasteiger partial charge in [-0.15, -0.1) is 0 Å². The second kappa shape index (κ2) is 12.8. The van der Waals surface area contributed by atoms with Gasteiger partial charge in [0, 0.05) is 36.7 Å². The van der Waals surface area contributed by atoms with Crippen LogP contribution in [0.2, 0.25) is 0 Å². The van der Waals surface area contributed by atoms with E-state index in [9.17, 15) is 16.8 Å². The van der Waals surface area contributed by atoms with Crippen molar-refractivity contribution in [2.75, 3.05) is 38.0 Å². The molecule has 0 atom stereocenters. The molecule has 0 radical (unpaired) electrons. The molecule has 3 aromatic rings. The van der Waals surface area contributed by atoms with Crippen molar-refractivity contribution >= 4 is 47.8 Å². The second-order valence-electron chi connectivity index (χ2n) is 10.3. The number of nitrogen functional groups attached to an aromatic ring is 1. The summed E-state index contributed by atoms with van der Waals surface area (Å²) in [4.78, 5) is 9.28. The number of fused-ring (bicyclic) bond motifs is 3. The normalized spacial score (nSPS) is 12.9. The van der Waals surface area contributed by atoms with Gasteiger partial charge in [0.15, 0.2) is 5.82 Å². The predicted molar refractivity (Wildman–Crippen MR) is 154 cm³/mol. The molecule has 0 aliphatic rings. The monoisotopic (exact) mass is 584 g/mol.